The smallest absolute Gasteiger partial charge is 0.363 e. The van der Waals surface area contributed by atoms with Crippen molar-refractivity contribution in [2.45, 2.75) is 45.4 Å². The van der Waals surface area contributed by atoms with Crippen LogP contribution in [0, 0.1) is 0 Å². The summed E-state index contributed by atoms with van der Waals surface area (Å²) >= 11 is 0. The third-order valence-corrected chi connectivity index (χ3v) is 3.26. The fraction of sp³-hybridized carbons (Fsp3) is 0.412. The predicted octanol–water partition coefficient (Wildman–Crippen LogP) is 4.34. The van der Waals surface area contributed by atoms with Crippen LogP contribution in [0.15, 0.2) is 41.0 Å². The van der Waals surface area contributed by atoms with E-state index in [1.807, 2.05) is 30.3 Å². The van der Waals surface area contributed by atoms with Gasteiger partial charge in [-0.05, 0) is 18.1 Å². The molecule has 0 saturated carbocycles. The molecule has 106 valence electrons. The van der Waals surface area contributed by atoms with E-state index in [4.69, 9.17) is 4.74 Å². The molecular formula is C17H21NO2. The number of hydrogen-bond donors (Lipinski definition) is 0. The Bertz CT molecular complexity index is 503. The van der Waals surface area contributed by atoms with Gasteiger partial charge in [0.2, 0.25) is 0 Å². The fourth-order valence-electron chi connectivity index (χ4n) is 2.15. The van der Waals surface area contributed by atoms with E-state index in [9.17, 15) is 4.79 Å². The number of carbonyl (C=O) groups excluding carboxylic acids is 1. The second-order valence-corrected chi connectivity index (χ2v) is 5.00. The Morgan fingerprint density at radius 3 is 2.60 bits per heavy atom. The zero-order chi connectivity index (χ0) is 14.2. The van der Waals surface area contributed by atoms with Crippen molar-refractivity contribution in [2.75, 3.05) is 0 Å². The zero-order valence-corrected chi connectivity index (χ0v) is 12.0. The Kier molecular flexibility index (Phi) is 5.54. The molecule has 0 aromatic heterocycles. The molecule has 0 unspecified atom stereocenters. The highest BCUT2D eigenvalue weighted by atomic mass is 16.6. The van der Waals surface area contributed by atoms with Crippen LogP contribution >= 0.6 is 0 Å². The minimum Gasteiger partial charge on any atom is -0.407 e. The zero-order valence-electron chi connectivity index (χ0n) is 12.0. The Hall–Kier alpha value is -1.90. The summed E-state index contributed by atoms with van der Waals surface area (Å²) in [6.07, 6.45) is 8.47. The number of unbranched alkanes of at least 4 members (excludes halogenated alkanes) is 4. The molecule has 0 radical (unpaired) electrons. The number of esters is 1. The topological polar surface area (TPSA) is 38.7 Å². The van der Waals surface area contributed by atoms with Gasteiger partial charge >= 0.3 is 5.97 Å². The van der Waals surface area contributed by atoms with Crippen molar-refractivity contribution in [1.82, 2.24) is 0 Å². The number of carbonyl (C=O) groups is 1. The minimum atomic E-state index is -0.336. The number of benzene rings is 1. The number of ether oxygens (including phenoxy) is 1. The molecule has 0 bridgehead atoms. The fourth-order valence-corrected chi connectivity index (χ4v) is 2.15. The van der Waals surface area contributed by atoms with Gasteiger partial charge in [-0.25, -0.2) is 9.79 Å². The number of cyclic esters (lactones) is 1. The number of nitrogens with zero attached hydrogens (tertiary/aromatic N) is 1. The van der Waals surface area contributed by atoms with Crippen LogP contribution in [-0.4, -0.2) is 11.9 Å². The first-order chi connectivity index (χ1) is 9.79. The van der Waals surface area contributed by atoms with E-state index >= 15 is 0 Å². The molecule has 0 N–H and O–H groups in total. The molecular weight excluding hydrogens is 250 g/mol. The van der Waals surface area contributed by atoms with Crippen LogP contribution in [-0.2, 0) is 9.53 Å². The molecule has 0 spiro atoms. The molecule has 1 aromatic rings. The Labute approximate surface area is 120 Å². The van der Waals surface area contributed by atoms with Crippen molar-refractivity contribution in [3.8, 4) is 0 Å². The third-order valence-electron chi connectivity index (χ3n) is 3.26. The van der Waals surface area contributed by atoms with Crippen molar-refractivity contribution in [2.24, 2.45) is 4.99 Å². The molecule has 0 aliphatic carbocycles. The quantitative estimate of drug-likeness (QED) is 0.420. The van der Waals surface area contributed by atoms with E-state index in [1.54, 1.807) is 6.08 Å². The van der Waals surface area contributed by atoms with Gasteiger partial charge in [-0.15, -0.1) is 0 Å². The van der Waals surface area contributed by atoms with Crippen molar-refractivity contribution < 1.29 is 9.53 Å². The molecule has 0 amide bonds. The Morgan fingerprint density at radius 2 is 1.85 bits per heavy atom. The van der Waals surface area contributed by atoms with Crippen LogP contribution in [0.2, 0.25) is 0 Å². The molecule has 0 fully saturated rings. The van der Waals surface area contributed by atoms with E-state index in [1.165, 1.54) is 25.7 Å². The molecule has 3 heteroatoms. The summed E-state index contributed by atoms with van der Waals surface area (Å²) in [5, 5.41) is 0. The lowest BCUT2D eigenvalue weighted by Gasteiger charge is -1.99. The highest BCUT2D eigenvalue weighted by Gasteiger charge is 2.22. The van der Waals surface area contributed by atoms with E-state index in [-0.39, 0.29) is 5.97 Å². The van der Waals surface area contributed by atoms with Crippen molar-refractivity contribution in [3.63, 3.8) is 0 Å². The van der Waals surface area contributed by atoms with Gasteiger partial charge in [0.1, 0.15) is 0 Å². The summed E-state index contributed by atoms with van der Waals surface area (Å²) in [6.45, 7) is 2.20. The summed E-state index contributed by atoms with van der Waals surface area (Å²) in [5.74, 6) is 0.228. The molecule has 0 atom stereocenters. The van der Waals surface area contributed by atoms with Crippen LogP contribution in [0.3, 0.4) is 0 Å². The predicted molar refractivity (Wildman–Crippen MR) is 81.3 cm³/mol. The van der Waals surface area contributed by atoms with Gasteiger partial charge in [-0.2, -0.15) is 0 Å². The summed E-state index contributed by atoms with van der Waals surface area (Å²) in [4.78, 5) is 16.0. The van der Waals surface area contributed by atoms with Crippen LogP contribution in [0.5, 0.6) is 0 Å². The first-order valence-corrected chi connectivity index (χ1v) is 7.36. The normalized spacial score (nSPS) is 16.4. The molecule has 3 nitrogen and oxygen atoms in total. The van der Waals surface area contributed by atoms with E-state index < -0.39 is 0 Å². The Morgan fingerprint density at radius 1 is 1.10 bits per heavy atom. The monoisotopic (exact) mass is 271 g/mol. The van der Waals surface area contributed by atoms with Gasteiger partial charge in [-0.3, -0.25) is 0 Å². The maximum atomic E-state index is 11.7. The highest BCUT2D eigenvalue weighted by molar-refractivity contribution is 6.07. The molecule has 20 heavy (non-hydrogen) atoms. The lowest BCUT2D eigenvalue weighted by Crippen LogP contribution is -2.03. The van der Waals surface area contributed by atoms with E-state index in [2.05, 4.69) is 11.9 Å². The van der Waals surface area contributed by atoms with Gasteiger partial charge < -0.3 is 4.74 Å². The minimum absolute atomic E-state index is 0.336. The van der Waals surface area contributed by atoms with Crippen LogP contribution in [0.4, 0.5) is 0 Å². The molecule has 2 rings (SSSR count). The van der Waals surface area contributed by atoms with Gasteiger partial charge in [0.15, 0.2) is 11.6 Å². The third kappa shape index (κ3) is 4.34. The average Bonchev–Trinajstić information content (AvgIpc) is 2.80. The van der Waals surface area contributed by atoms with Gasteiger partial charge in [-0.1, -0.05) is 62.9 Å². The summed E-state index contributed by atoms with van der Waals surface area (Å²) in [7, 11) is 0. The lowest BCUT2D eigenvalue weighted by atomic mass is 10.1. The number of aliphatic imine (C=N–C) groups is 1. The van der Waals surface area contributed by atoms with Crippen LogP contribution < -0.4 is 0 Å². The average molecular weight is 271 g/mol. The first kappa shape index (κ1) is 14.5. The second-order valence-electron chi connectivity index (χ2n) is 5.00. The van der Waals surface area contributed by atoms with Crippen molar-refractivity contribution >= 4 is 17.9 Å². The molecule has 1 aliphatic rings. The van der Waals surface area contributed by atoms with Gasteiger partial charge in [0.25, 0.3) is 0 Å². The second kappa shape index (κ2) is 7.63. The largest absolute Gasteiger partial charge is 0.407 e. The molecule has 0 saturated heterocycles. The maximum absolute atomic E-state index is 11.7. The maximum Gasteiger partial charge on any atom is 0.363 e. The van der Waals surface area contributed by atoms with E-state index in [0.29, 0.717) is 11.6 Å². The Balaban J connectivity index is 1.89. The van der Waals surface area contributed by atoms with Crippen molar-refractivity contribution in [1.29, 1.82) is 0 Å². The summed E-state index contributed by atoms with van der Waals surface area (Å²) in [6, 6.07) is 9.70. The molecule has 1 heterocycles. The van der Waals surface area contributed by atoms with E-state index in [0.717, 1.165) is 18.4 Å². The van der Waals surface area contributed by atoms with Gasteiger partial charge in [0.05, 0.1) is 0 Å². The molecule has 1 aromatic carbocycles. The SMILES string of the molecule is CCCCCCCC1=NC(=Cc2ccccc2)C(=O)O1. The first-order valence-electron chi connectivity index (χ1n) is 7.36. The number of rotatable bonds is 7. The lowest BCUT2D eigenvalue weighted by molar-refractivity contribution is -0.130. The van der Waals surface area contributed by atoms with Crippen molar-refractivity contribution in [3.05, 3.63) is 41.6 Å². The van der Waals surface area contributed by atoms with Crippen LogP contribution in [0.1, 0.15) is 51.0 Å². The van der Waals surface area contributed by atoms with Crippen LogP contribution in [0.25, 0.3) is 6.08 Å². The summed E-state index contributed by atoms with van der Waals surface area (Å²) < 4.78 is 5.20. The standard InChI is InChI=1S/C17H21NO2/c1-2-3-4-5-9-12-16-18-15(17(19)20-16)13-14-10-7-6-8-11-14/h6-8,10-11,13H,2-5,9,12H2,1H3. The highest BCUT2D eigenvalue weighted by Crippen LogP contribution is 2.18. The molecule has 1 aliphatic heterocycles. The summed E-state index contributed by atoms with van der Waals surface area (Å²) in [5.41, 5.74) is 1.37. The van der Waals surface area contributed by atoms with Gasteiger partial charge in [0, 0.05) is 6.42 Å². The number of hydrogen-bond acceptors (Lipinski definition) is 3.